The molecule has 4 rings (SSSR count). The summed E-state index contributed by atoms with van der Waals surface area (Å²) in [6.07, 6.45) is 3.58. The third kappa shape index (κ3) is 4.56. The zero-order valence-corrected chi connectivity index (χ0v) is 20.6. The number of benzene rings is 1. The maximum absolute atomic E-state index is 14.1. The fraction of sp³-hybridized carbons (Fsp3) is 0.481. The van der Waals surface area contributed by atoms with Crippen molar-refractivity contribution in [3.63, 3.8) is 0 Å². The van der Waals surface area contributed by atoms with Crippen LogP contribution in [0, 0.1) is 18.8 Å². The van der Waals surface area contributed by atoms with Crippen molar-refractivity contribution >= 4 is 17.7 Å². The van der Waals surface area contributed by atoms with Gasteiger partial charge in [-0.05, 0) is 55.2 Å². The number of carbonyl (C=O) groups is 3. The molecular weight excluding hydrogens is 428 g/mol. The Balaban J connectivity index is 1.75. The average Bonchev–Trinajstić information content (AvgIpc) is 3.22. The number of pyridine rings is 1. The van der Waals surface area contributed by atoms with E-state index in [-0.39, 0.29) is 29.6 Å². The van der Waals surface area contributed by atoms with Crippen LogP contribution in [0.15, 0.2) is 42.6 Å². The van der Waals surface area contributed by atoms with Gasteiger partial charge in [-0.15, -0.1) is 0 Å². The lowest BCUT2D eigenvalue weighted by atomic mass is 9.88. The van der Waals surface area contributed by atoms with Crippen LogP contribution in [0.1, 0.15) is 48.7 Å². The van der Waals surface area contributed by atoms with Crippen molar-refractivity contribution in [3.8, 4) is 0 Å². The van der Waals surface area contributed by atoms with Crippen LogP contribution in [0.5, 0.6) is 0 Å². The quantitative estimate of drug-likeness (QED) is 0.716. The first-order chi connectivity index (χ1) is 16.2. The van der Waals surface area contributed by atoms with Crippen molar-refractivity contribution in [2.75, 3.05) is 14.1 Å². The Morgan fingerprint density at radius 2 is 1.76 bits per heavy atom. The Bertz CT molecular complexity index is 1050. The van der Waals surface area contributed by atoms with Crippen molar-refractivity contribution in [2.24, 2.45) is 11.8 Å². The van der Waals surface area contributed by atoms with Crippen LogP contribution in [-0.2, 0) is 27.2 Å². The Morgan fingerprint density at radius 3 is 2.29 bits per heavy atom. The first-order valence-corrected chi connectivity index (χ1v) is 12.0. The Kier molecular flexibility index (Phi) is 6.73. The van der Waals surface area contributed by atoms with Gasteiger partial charge >= 0.3 is 0 Å². The number of hydrogen-bond donors (Lipinski definition) is 1. The third-order valence-corrected chi connectivity index (χ3v) is 6.91. The third-order valence-electron chi connectivity index (χ3n) is 6.91. The van der Waals surface area contributed by atoms with E-state index in [1.807, 2.05) is 45.0 Å². The molecule has 3 amide bonds. The minimum atomic E-state index is -0.906. The number of amides is 3. The van der Waals surface area contributed by atoms with E-state index in [1.54, 1.807) is 25.2 Å². The summed E-state index contributed by atoms with van der Waals surface area (Å²) in [6, 6.07) is 9.55. The van der Waals surface area contributed by atoms with E-state index in [0.717, 1.165) is 18.5 Å². The number of fused-ring (bicyclic) bond motifs is 1. The van der Waals surface area contributed by atoms with Crippen LogP contribution in [0.25, 0.3) is 0 Å². The molecule has 0 saturated carbocycles. The normalized spacial score (nSPS) is 21.4. The molecule has 1 saturated heterocycles. The highest BCUT2D eigenvalue weighted by molar-refractivity contribution is 6.00. The number of carbonyl (C=O) groups excluding carboxylic acids is 3. The van der Waals surface area contributed by atoms with Crippen molar-refractivity contribution in [1.29, 1.82) is 0 Å². The van der Waals surface area contributed by atoms with Crippen LogP contribution in [0.2, 0.25) is 0 Å². The van der Waals surface area contributed by atoms with Gasteiger partial charge in [0, 0.05) is 31.5 Å². The first kappa shape index (κ1) is 23.9. The van der Waals surface area contributed by atoms with Crippen molar-refractivity contribution in [3.05, 3.63) is 65.0 Å². The molecule has 0 spiro atoms. The number of nitrogens with zero attached hydrogens (tertiary/aromatic N) is 3. The zero-order valence-electron chi connectivity index (χ0n) is 20.6. The van der Waals surface area contributed by atoms with Crippen molar-refractivity contribution in [2.45, 2.75) is 58.2 Å². The molecule has 1 aliphatic carbocycles. The molecule has 1 N–H and O–H groups in total. The molecule has 0 bridgehead atoms. The van der Waals surface area contributed by atoms with Gasteiger partial charge in [0.15, 0.2) is 0 Å². The summed E-state index contributed by atoms with van der Waals surface area (Å²) in [5, 5.41) is 3.04. The summed E-state index contributed by atoms with van der Waals surface area (Å²) in [7, 11) is 3.35. The zero-order chi connectivity index (χ0) is 24.6. The summed E-state index contributed by atoms with van der Waals surface area (Å²) >= 11 is 0. The average molecular weight is 463 g/mol. The summed E-state index contributed by atoms with van der Waals surface area (Å²) in [4.78, 5) is 48.5. The Hall–Kier alpha value is -3.22. The van der Waals surface area contributed by atoms with E-state index >= 15 is 0 Å². The van der Waals surface area contributed by atoms with Gasteiger partial charge < -0.3 is 15.1 Å². The second kappa shape index (κ2) is 9.57. The first-order valence-electron chi connectivity index (χ1n) is 12.0. The highest BCUT2D eigenvalue weighted by atomic mass is 16.2. The van der Waals surface area contributed by atoms with Gasteiger partial charge in [0.05, 0.1) is 0 Å². The second-order valence-electron chi connectivity index (χ2n) is 10.2. The summed E-state index contributed by atoms with van der Waals surface area (Å²) in [6.45, 7) is 5.92. The molecular formula is C27H34N4O3. The monoisotopic (exact) mass is 462 g/mol. The number of rotatable bonds is 6. The smallest absolute Gasteiger partial charge is 0.249 e. The fourth-order valence-electron chi connectivity index (χ4n) is 5.18. The molecule has 180 valence electrons. The molecule has 1 aliphatic heterocycles. The fourth-order valence-corrected chi connectivity index (χ4v) is 5.18. The van der Waals surface area contributed by atoms with Crippen LogP contribution in [0.3, 0.4) is 0 Å². The summed E-state index contributed by atoms with van der Waals surface area (Å²) < 4.78 is 0. The van der Waals surface area contributed by atoms with Crippen molar-refractivity contribution < 1.29 is 14.4 Å². The Morgan fingerprint density at radius 1 is 1.12 bits per heavy atom. The minimum absolute atomic E-state index is 0.0393. The van der Waals surface area contributed by atoms with Crippen LogP contribution < -0.4 is 5.32 Å². The predicted molar refractivity (Wildman–Crippen MR) is 130 cm³/mol. The molecule has 2 aliphatic rings. The lowest BCUT2D eigenvalue weighted by molar-refractivity contribution is -0.159. The molecule has 1 unspecified atom stereocenters. The lowest BCUT2D eigenvalue weighted by Gasteiger charge is -2.45. The molecule has 3 atom stereocenters. The van der Waals surface area contributed by atoms with E-state index < -0.39 is 18.1 Å². The van der Waals surface area contributed by atoms with Gasteiger partial charge in [0.2, 0.25) is 17.7 Å². The molecule has 2 heterocycles. The second-order valence-corrected chi connectivity index (χ2v) is 10.2. The number of hydrogen-bond acceptors (Lipinski definition) is 4. The highest BCUT2D eigenvalue weighted by Gasteiger charge is 2.49. The van der Waals surface area contributed by atoms with E-state index in [4.69, 9.17) is 0 Å². The summed E-state index contributed by atoms with van der Waals surface area (Å²) in [5.41, 5.74) is 3.88. The molecule has 0 radical (unpaired) electrons. The number of aromatic nitrogens is 1. The van der Waals surface area contributed by atoms with E-state index in [0.29, 0.717) is 12.0 Å². The van der Waals surface area contributed by atoms with Gasteiger partial charge in [0.1, 0.15) is 18.1 Å². The maximum Gasteiger partial charge on any atom is 0.249 e. The maximum atomic E-state index is 14.1. The van der Waals surface area contributed by atoms with Gasteiger partial charge in [-0.25, -0.2) is 0 Å². The number of nitrogens with one attached hydrogen (secondary N) is 1. The van der Waals surface area contributed by atoms with Gasteiger partial charge in [-0.1, -0.05) is 44.2 Å². The number of aryl methyl sites for hydroxylation is 1. The van der Waals surface area contributed by atoms with Gasteiger partial charge in [-0.2, -0.15) is 0 Å². The SMILES string of the molecule is Cc1ccc([C@H](C(=O)N(C)C)N2C(=O)C(C3Cc4ccccc4C3)NC(=O)[C@H]2CC(C)C)cn1. The van der Waals surface area contributed by atoms with Gasteiger partial charge in [-0.3, -0.25) is 19.4 Å². The molecule has 7 heteroatoms. The van der Waals surface area contributed by atoms with Gasteiger partial charge in [0.25, 0.3) is 0 Å². The largest absolute Gasteiger partial charge is 0.347 e. The predicted octanol–water partition coefficient (Wildman–Crippen LogP) is 2.68. The standard InChI is InChI=1S/C27H34N4O3/c1-16(2)12-22-25(32)29-23(21-13-18-8-6-7-9-19(18)14-21)26(33)31(22)24(27(34)30(4)5)20-11-10-17(3)28-15-20/h6-11,15-16,21-24H,12-14H2,1-5H3,(H,29,32)/t22-,23?,24-/m1/s1. The molecule has 7 nitrogen and oxygen atoms in total. The molecule has 1 aromatic heterocycles. The van der Waals surface area contributed by atoms with Crippen molar-refractivity contribution in [1.82, 2.24) is 20.1 Å². The lowest BCUT2D eigenvalue weighted by Crippen LogP contribution is -2.67. The minimum Gasteiger partial charge on any atom is -0.347 e. The molecule has 1 aromatic carbocycles. The molecule has 2 aromatic rings. The number of piperazine rings is 1. The number of likely N-dealkylation sites (N-methyl/N-ethyl adjacent to an activating group) is 1. The van der Waals surface area contributed by atoms with Crippen LogP contribution in [0.4, 0.5) is 0 Å². The van der Waals surface area contributed by atoms with E-state index in [9.17, 15) is 14.4 Å². The Labute approximate surface area is 201 Å². The molecule has 34 heavy (non-hydrogen) atoms. The topological polar surface area (TPSA) is 82.6 Å². The van der Waals surface area contributed by atoms with E-state index in [1.165, 1.54) is 16.0 Å². The van der Waals surface area contributed by atoms with Crippen LogP contribution in [-0.4, -0.2) is 58.7 Å². The highest BCUT2D eigenvalue weighted by Crippen LogP contribution is 2.35. The molecule has 1 fully saturated rings. The van der Waals surface area contributed by atoms with E-state index in [2.05, 4.69) is 22.4 Å². The summed E-state index contributed by atoms with van der Waals surface area (Å²) in [5.74, 6) is -0.488. The van der Waals surface area contributed by atoms with Crippen LogP contribution >= 0.6 is 0 Å².